The SMILES string of the molecule is CCCC(NC(=O)C1[C@H]2CC=C[C@H]2CN1C(=O)[C@@H](NC(=O)[C@H](NC(=O)c1cnccn1)C(C)C)C(C)C)C(=O)C(=O)N[C@@H](Cc1ccccc1)C(=O)O. The number of carbonyl (C=O) groups is 7. The second kappa shape index (κ2) is 18.3. The summed E-state index contributed by atoms with van der Waals surface area (Å²) in [7, 11) is 0. The molecule has 5 amide bonds. The van der Waals surface area contributed by atoms with E-state index in [4.69, 9.17) is 0 Å². The van der Waals surface area contributed by atoms with Crippen LogP contribution in [0.4, 0.5) is 0 Å². The van der Waals surface area contributed by atoms with E-state index in [1.807, 2.05) is 12.2 Å². The highest BCUT2D eigenvalue weighted by Gasteiger charge is 2.50. The number of Topliss-reactive ketones (excluding diaryl/α,β-unsaturated/α-hetero) is 1. The topological polar surface area (TPSA) is 217 Å². The maximum atomic E-state index is 14.3. The molecule has 1 fully saturated rings. The van der Waals surface area contributed by atoms with Gasteiger partial charge in [-0.3, -0.25) is 33.8 Å². The highest BCUT2D eigenvalue weighted by molar-refractivity contribution is 6.38. The van der Waals surface area contributed by atoms with Gasteiger partial charge < -0.3 is 31.3 Å². The number of hydrogen-bond donors (Lipinski definition) is 5. The molecule has 0 spiro atoms. The van der Waals surface area contributed by atoms with Crippen molar-refractivity contribution in [1.82, 2.24) is 36.1 Å². The van der Waals surface area contributed by atoms with Crippen molar-refractivity contribution in [3.8, 4) is 0 Å². The van der Waals surface area contributed by atoms with Gasteiger partial charge in [-0.05, 0) is 36.2 Å². The first kappa shape index (κ1) is 40.3. The van der Waals surface area contributed by atoms with Crippen molar-refractivity contribution in [2.75, 3.05) is 6.54 Å². The number of fused-ring (bicyclic) bond motifs is 1. The lowest BCUT2D eigenvalue weighted by Gasteiger charge is -2.33. The number of rotatable bonds is 17. The van der Waals surface area contributed by atoms with Gasteiger partial charge in [-0.25, -0.2) is 9.78 Å². The summed E-state index contributed by atoms with van der Waals surface area (Å²) in [5, 5.41) is 20.3. The second-order valence-electron chi connectivity index (χ2n) is 14.2. The molecule has 1 aromatic heterocycles. The molecule has 0 radical (unpaired) electrons. The van der Waals surface area contributed by atoms with Crippen LogP contribution in [0.1, 0.15) is 69.9 Å². The molecule has 1 aliphatic heterocycles. The van der Waals surface area contributed by atoms with Gasteiger partial charge in [-0.2, -0.15) is 0 Å². The average molecular weight is 732 g/mol. The fourth-order valence-corrected chi connectivity index (χ4v) is 6.78. The smallest absolute Gasteiger partial charge is 0.326 e. The van der Waals surface area contributed by atoms with E-state index < -0.39 is 77.4 Å². The van der Waals surface area contributed by atoms with Crippen LogP contribution in [0.2, 0.25) is 0 Å². The Labute approximate surface area is 308 Å². The molecule has 1 saturated heterocycles. The van der Waals surface area contributed by atoms with Crippen molar-refractivity contribution in [1.29, 1.82) is 0 Å². The molecule has 15 heteroatoms. The van der Waals surface area contributed by atoms with Crippen molar-refractivity contribution < 1.29 is 38.7 Å². The standard InChI is InChI=1S/C38H49N7O8/c1-6-11-26(32(46)36(50)42-27(38(52)53)18-23-12-8-7-9-13-23)41-35(49)31-25-15-10-14-24(25)20-45(31)37(51)30(22(4)5)44-34(48)29(21(2)3)43-33(47)28-19-39-16-17-40-28/h7-10,12-14,16-17,19,21-22,24-27,29-31H,6,11,15,18,20H2,1-5H3,(H,41,49)(H,42,50)(H,43,47)(H,44,48)(H,52,53)/t24-,25-,26?,27-,29+,30-,31?/m0/s1. The van der Waals surface area contributed by atoms with Gasteiger partial charge >= 0.3 is 5.97 Å². The Morgan fingerprint density at radius 3 is 2.19 bits per heavy atom. The van der Waals surface area contributed by atoms with Crippen LogP contribution >= 0.6 is 0 Å². The lowest BCUT2D eigenvalue weighted by atomic mass is 9.92. The van der Waals surface area contributed by atoms with Gasteiger partial charge in [-0.1, -0.05) is 83.5 Å². The summed E-state index contributed by atoms with van der Waals surface area (Å²) in [6.07, 6.45) is 8.91. The van der Waals surface area contributed by atoms with E-state index in [0.717, 1.165) is 0 Å². The Morgan fingerprint density at radius 1 is 0.887 bits per heavy atom. The van der Waals surface area contributed by atoms with Gasteiger partial charge in [0.1, 0.15) is 29.9 Å². The van der Waals surface area contributed by atoms with Gasteiger partial charge in [0.2, 0.25) is 23.5 Å². The summed E-state index contributed by atoms with van der Waals surface area (Å²) in [4.78, 5) is 103. The molecule has 4 rings (SSSR count). The van der Waals surface area contributed by atoms with E-state index in [9.17, 15) is 38.7 Å². The number of nitrogens with one attached hydrogen (secondary N) is 4. The molecular weight excluding hydrogens is 682 g/mol. The monoisotopic (exact) mass is 731 g/mol. The first-order valence-electron chi connectivity index (χ1n) is 18.0. The lowest BCUT2D eigenvalue weighted by molar-refractivity contribution is -0.146. The molecule has 284 valence electrons. The lowest BCUT2D eigenvalue weighted by Crippen LogP contribution is -2.60. The molecule has 2 aliphatic rings. The minimum Gasteiger partial charge on any atom is -0.480 e. The molecule has 0 bridgehead atoms. The van der Waals surface area contributed by atoms with Gasteiger partial charge in [-0.15, -0.1) is 0 Å². The van der Waals surface area contributed by atoms with E-state index in [1.165, 1.54) is 23.5 Å². The van der Waals surface area contributed by atoms with Crippen molar-refractivity contribution in [2.45, 2.75) is 90.5 Å². The Morgan fingerprint density at radius 2 is 1.58 bits per heavy atom. The number of hydrogen-bond acceptors (Lipinski definition) is 9. The van der Waals surface area contributed by atoms with Gasteiger partial charge in [0.25, 0.3) is 11.8 Å². The van der Waals surface area contributed by atoms with Crippen LogP contribution in [0, 0.1) is 23.7 Å². The Kier molecular flexibility index (Phi) is 13.9. The van der Waals surface area contributed by atoms with Crippen LogP contribution in [0.15, 0.2) is 61.1 Å². The summed E-state index contributed by atoms with van der Waals surface area (Å²) in [5.41, 5.74) is 0.679. The third-order valence-electron chi connectivity index (χ3n) is 9.62. The first-order valence-corrected chi connectivity index (χ1v) is 18.0. The van der Waals surface area contributed by atoms with Crippen molar-refractivity contribution in [2.24, 2.45) is 23.7 Å². The number of amides is 5. The number of carboxylic acids is 1. The molecule has 0 saturated carbocycles. The fraction of sp³-hybridized carbons (Fsp3) is 0.500. The van der Waals surface area contributed by atoms with Crippen LogP contribution in [-0.4, -0.2) is 98.0 Å². The molecular formula is C38H49N7O8. The minimum atomic E-state index is -1.38. The van der Waals surface area contributed by atoms with E-state index >= 15 is 0 Å². The van der Waals surface area contributed by atoms with E-state index in [1.54, 1.807) is 65.0 Å². The van der Waals surface area contributed by atoms with Crippen molar-refractivity contribution in [3.05, 3.63) is 72.3 Å². The maximum absolute atomic E-state index is 14.3. The number of carbonyl (C=O) groups excluding carboxylic acids is 6. The molecule has 53 heavy (non-hydrogen) atoms. The Bertz CT molecular complexity index is 1680. The number of ketones is 1. The molecule has 2 unspecified atom stereocenters. The molecule has 15 nitrogen and oxygen atoms in total. The number of carboxylic acid groups (broad SMARTS) is 1. The largest absolute Gasteiger partial charge is 0.480 e. The highest BCUT2D eigenvalue weighted by Crippen LogP contribution is 2.39. The molecule has 2 heterocycles. The van der Waals surface area contributed by atoms with Gasteiger partial charge in [0.15, 0.2) is 0 Å². The number of nitrogens with zero attached hydrogens (tertiary/aromatic N) is 3. The van der Waals surface area contributed by atoms with Crippen LogP contribution in [0.3, 0.4) is 0 Å². The van der Waals surface area contributed by atoms with E-state index in [2.05, 4.69) is 31.2 Å². The predicted molar refractivity (Wildman–Crippen MR) is 193 cm³/mol. The quantitative estimate of drug-likeness (QED) is 0.117. The van der Waals surface area contributed by atoms with E-state index in [0.29, 0.717) is 18.4 Å². The summed E-state index contributed by atoms with van der Waals surface area (Å²) in [6, 6.07) is 2.92. The molecule has 5 N–H and O–H groups in total. The molecule has 7 atom stereocenters. The minimum absolute atomic E-state index is 0.0270. The Hall–Kier alpha value is -5.47. The summed E-state index contributed by atoms with van der Waals surface area (Å²) in [6.45, 7) is 8.99. The second-order valence-corrected chi connectivity index (χ2v) is 14.2. The summed E-state index contributed by atoms with van der Waals surface area (Å²) < 4.78 is 0. The normalized spacial score (nSPS) is 19.8. The van der Waals surface area contributed by atoms with Crippen molar-refractivity contribution in [3.63, 3.8) is 0 Å². The predicted octanol–water partition coefficient (Wildman–Crippen LogP) is 1.44. The molecule has 1 aromatic carbocycles. The van der Waals surface area contributed by atoms with Gasteiger partial charge in [0, 0.05) is 31.3 Å². The summed E-state index contributed by atoms with van der Waals surface area (Å²) >= 11 is 0. The highest BCUT2D eigenvalue weighted by atomic mass is 16.4. The van der Waals surface area contributed by atoms with Crippen molar-refractivity contribution >= 4 is 41.3 Å². The van der Waals surface area contributed by atoms with E-state index in [-0.39, 0.29) is 42.8 Å². The molecule has 1 aliphatic carbocycles. The zero-order chi connectivity index (χ0) is 38.8. The average Bonchev–Trinajstić information content (AvgIpc) is 3.74. The number of benzene rings is 1. The number of aliphatic carboxylic acids is 1. The zero-order valence-corrected chi connectivity index (χ0v) is 30.7. The number of likely N-dealkylation sites (tertiary alicyclic amines) is 1. The fourth-order valence-electron chi connectivity index (χ4n) is 6.78. The van der Waals surface area contributed by atoms with Crippen LogP contribution < -0.4 is 21.3 Å². The maximum Gasteiger partial charge on any atom is 0.326 e. The molecule has 2 aromatic rings. The number of aromatic nitrogens is 2. The number of allylic oxidation sites excluding steroid dienone is 1. The van der Waals surface area contributed by atoms with Crippen LogP contribution in [0.5, 0.6) is 0 Å². The van der Waals surface area contributed by atoms with Gasteiger partial charge in [0.05, 0.1) is 12.2 Å². The first-order chi connectivity index (χ1) is 25.2. The summed E-state index contributed by atoms with van der Waals surface area (Å²) in [5.74, 6) is -6.98. The van der Waals surface area contributed by atoms with Crippen LogP contribution in [0.25, 0.3) is 0 Å². The zero-order valence-electron chi connectivity index (χ0n) is 30.7. The van der Waals surface area contributed by atoms with Crippen LogP contribution in [-0.2, 0) is 35.2 Å². The Balaban J connectivity index is 1.50. The third kappa shape index (κ3) is 10.1. The third-order valence-corrected chi connectivity index (χ3v) is 9.62.